The van der Waals surface area contributed by atoms with Crippen LogP contribution in [0.5, 0.6) is 0 Å². The second kappa shape index (κ2) is 8.14. The minimum absolute atomic E-state index is 0.0632. The number of para-hydroxylation sites is 1. The van der Waals surface area contributed by atoms with Crippen molar-refractivity contribution in [1.29, 1.82) is 0 Å². The fourth-order valence-corrected chi connectivity index (χ4v) is 3.36. The standard InChI is InChI=1S/C19H24N4O3/c1-21(16-7-3-2-4-8-16)18(24)13-22-10-5-6-15(12-22)17-9-11-23(20-17)14-19(25)26/h2-4,7-9,11,15H,5-6,10,12-14H2,1H3,(H,25,26)/t15-/m1/s1. The first-order chi connectivity index (χ1) is 12.5. The van der Waals surface area contributed by atoms with E-state index >= 15 is 0 Å². The van der Waals surface area contributed by atoms with Crippen molar-refractivity contribution >= 4 is 17.6 Å². The molecule has 1 aliphatic heterocycles. The molecule has 2 aromatic rings. The number of hydrogen-bond donors (Lipinski definition) is 1. The summed E-state index contributed by atoms with van der Waals surface area (Å²) < 4.78 is 1.45. The Labute approximate surface area is 152 Å². The van der Waals surface area contributed by atoms with Crippen molar-refractivity contribution in [3.63, 3.8) is 0 Å². The van der Waals surface area contributed by atoms with Gasteiger partial charge in [-0.1, -0.05) is 18.2 Å². The predicted octanol–water partition coefficient (Wildman–Crippen LogP) is 1.81. The number of hydrogen-bond acceptors (Lipinski definition) is 4. The number of rotatable bonds is 6. The molecule has 1 aliphatic rings. The van der Waals surface area contributed by atoms with Gasteiger partial charge in [0.05, 0.1) is 12.2 Å². The number of likely N-dealkylation sites (N-methyl/N-ethyl adjacent to an activating group) is 1. The number of aromatic nitrogens is 2. The third-order valence-electron chi connectivity index (χ3n) is 4.76. The molecule has 0 spiro atoms. The number of piperidine rings is 1. The van der Waals surface area contributed by atoms with Crippen LogP contribution < -0.4 is 4.90 Å². The lowest BCUT2D eigenvalue weighted by molar-refractivity contribution is -0.137. The molecule has 1 aromatic carbocycles. The predicted molar refractivity (Wildman–Crippen MR) is 98.1 cm³/mol. The lowest BCUT2D eigenvalue weighted by atomic mass is 9.95. The zero-order valence-corrected chi connectivity index (χ0v) is 14.9. The van der Waals surface area contributed by atoms with Crippen LogP contribution >= 0.6 is 0 Å². The summed E-state index contributed by atoms with van der Waals surface area (Å²) in [6, 6.07) is 11.5. The average molecular weight is 356 g/mol. The summed E-state index contributed by atoms with van der Waals surface area (Å²) in [6.45, 7) is 1.90. The highest BCUT2D eigenvalue weighted by molar-refractivity contribution is 5.94. The van der Waals surface area contributed by atoms with E-state index in [0.717, 1.165) is 37.3 Å². The molecule has 7 heteroatoms. The lowest BCUT2D eigenvalue weighted by Gasteiger charge is -2.32. The van der Waals surface area contributed by atoms with E-state index in [0.29, 0.717) is 6.54 Å². The van der Waals surface area contributed by atoms with Crippen LogP contribution in [0.1, 0.15) is 24.5 Å². The second-order valence-corrected chi connectivity index (χ2v) is 6.69. The number of carbonyl (C=O) groups excluding carboxylic acids is 1. The SMILES string of the molecule is CN(C(=O)CN1CCC[C@@H](c2ccn(CC(=O)O)n2)C1)c1ccccc1. The fourth-order valence-electron chi connectivity index (χ4n) is 3.36. The molecule has 2 heterocycles. The summed E-state index contributed by atoms with van der Waals surface area (Å²) in [5, 5.41) is 13.2. The molecule has 1 fully saturated rings. The van der Waals surface area contributed by atoms with Crippen LogP contribution in [0.3, 0.4) is 0 Å². The van der Waals surface area contributed by atoms with E-state index in [4.69, 9.17) is 5.11 Å². The summed E-state index contributed by atoms with van der Waals surface area (Å²) >= 11 is 0. The van der Waals surface area contributed by atoms with E-state index in [-0.39, 0.29) is 18.4 Å². The first-order valence-electron chi connectivity index (χ1n) is 8.82. The third-order valence-corrected chi connectivity index (χ3v) is 4.76. The van der Waals surface area contributed by atoms with Gasteiger partial charge in [0.15, 0.2) is 0 Å². The zero-order chi connectivity index (χ0) is 18.5. The van der Waals surface area contributed by atoms with Gasteiger partial charge in [0.1, 0.15) is 6.54 Å². The number of carboxylic acids is 1. The maximum absolute atomic E-state index is 12.6. The first kappa shape index (κ1) is 18.1. The number of aliphatic carboxylic acids is 1. The normalized spacial score (nSPS) is 17.8. The molecule has 0 bridgehead atoms. The lowest BCUT2D eigenvalue weighted by Crippen LogP contribution is -2.42. The van der Waals surface area contributed by atoms with E-state index in [9.17, 15) is 9.59 Å². The van der Waals surface area contributed by atoms with E-state index in [1.165, 1.54) is 4.68 Å². The smallest absolute Gasteiger partial charge is 0.325 e. The van der Waals surface area contributed by atoms with Gasteiger partial charge >= 0.3 is 5.97 Å². The number of nitrogens with zero attached hydrogens (tertiary/aromatic N) is 4. The van der Waals surface area contributed by atoms with Crippen molar-refractivity contribution in [1.82, 2.24) is 14.7 Å². The van der Waals surface area contributed by atoms with Crippen LogP contribution in [0.25, 0.3) is 0 Å². The highest BCUT2D eigenvalue weighted by atomic mass is 16.4. The van der Waals surface area contributed by atoms with Crippen LogP contribution in [-0.2, 0) is 16.1 Å². The van der Waals surface area contributed by atoms with Gasteiger partial charge in [0, 0.05) is 31.4 Å². The molecule has 0 saturated carbocycles. The Balaban J connectivity index is 1.59. The molecule has 0 aliphatic carbocycles. The molecule has 3 rings (SSSR count). The van der Waals surface area contributed by atoms with Crippen LogP contribution in [0.2, 0.25) is 0 Å². The number of benzene rings is 1. The van der Waals surface area contributed by atoms with Crippen molar-refractivity contribution in [3.8, 4) is 0 Å². The first-order valence-corrected chi connectivity index (χ1v) is 8.82. The van der Waals surface area contributed by atoms with Crippen molar-refractivity contribution in [2.75, 3.05) is 31.6 Å². The minimum atomic E-state index is -0.903. The number of carbonyl (C=O) groups is 2. The zero-order valence-electron chi connectivity index (χ0n) is 14.9. The van der Waals surface area contributed by atoms with Gasteiger partial charge in [-0.3, -0.25) is 19.2 Å². The Kier molecular flexibility index (Phi) is 5.68. The molecule has 0 radical (unpaired) electrons. The summed E-state index contributed by atoms with van der Waals surface area (Å²) in [5.41, 5.74) is 1.79. The Morgan fingerprint density at radius 2 is 2.00 bits per heavy atom. The Morgan fingerprint density at radius 1 is 1.23 bits per heavy atom. The largest absolute Gasteiger partial charge is 0.480 e. The van der Waals surface area contributed by atoms with E-state index in [2.05, 4.69) is 10.00 Å². The quantitative estimate of drug-likeness (QED) is 0.854. The van der Waals surface area contributed by atoms with Gasteiger partial charge < -0.3 is 10.0 Å². The van der Waals surface area contributed by atoms with Gasteiger partial charge in [-0.05, 0) is 37.6 Å². The van der Waals surface area contributed by atoms with Crippen molar-refractivity contribution < 1.29 is 14.7 Å². The van der Waals surface area contributed by atoms with Gasteiger partial charge in [-0.25, -0.2) is 0 Å². The van der Waals surface area contributed by atoms with Gasteiger partial charge in [-0.15, -0.1) is 0 Å². The van der Waals surface area contributed by atoms with E-state index < -0.39 is 5.97 Å². The molecule has 0 unspecified atom stereocenters. The number of likely N-dealkylation sites (tertiary alicyclic amines) is 1. The monoisotopic (exact) mass is 356 g/mol. The maximum Gasteiger partial charge on any atom is 0.325 e. The summed E-state index contributed by atoms with van der Waals surface area (Å²) in [5.74, 6) is -0.610. The Bertz CT molecular complexity index is 759. The Hall–Kier alpha value is -2.67. The molecule has 1 N–H and O–H groups in total. The van der Waals surface area contributed by atoms with Gasteiger partial charge in [0.2, 0.25) is 5.91 Å². The molecule has 1 saturated heterocycles. The van der Waals surface area contributed by atoms with Crippen molar-refractivity contribution in [2.45, 2.75) is 25.3 Å². The summed E-state index contributed by atoms with van der Waals surface area (Å²) in [4.78, 5) is 27.2. The van der Waals surface area contributed by atoms with Crippen LogP contribution in [0, 0.1) is 0 Å². The summed E-state index contributed by atoms with van der Waals surface area (Å²) in [7, 11) is 1.80. The number of anilines is 1. The van der Waals surface area contributed by atoms with Gasteiger partial charge in [-0.2, -0.15) is 5.10 Å². The molecular formula is C19H24N4O3. The van der Waals surface area contributed by atoms with Crippen molar-refractivity contribution in [3.05, 3.63) is 48.3 Å². The third kappa shape index (κ3) is 4.49. The second-order valence-electron chi connectivity index (χ2n) is 6.69. The number of carboxylic acid groups (broad SMARTS) is 1. The van der Waals surface area contributed by atoms with Crippen LogP contribution in [0.4, 0.5) is 5.69 Å². The minimum Gasteiger partial charge on any atom is -0.480 e. The maximum atomic E-state index is 12.6. The highest BCUT2D eigenvalue weighted by Crippen LogP contribution is 2.25. The van der Waals surface area contributed by atoms with Crippen LogP contribution in [0.15, 0.2) is 42.6 Å². The number of amides is 1. The van der Waals surface area contributed by atoms with Crippen molar-refractivity contribution in [2.24, 2.45) is 0 Å². The summed E-state index contributed by atoms with van der Waals surface area (Å²) in [6.07, 6.45) is 3.71. The average Bonchev–Trinajstić information content (AvgIpc) is 3.10. The molecule has 26 heavy (non-hydrogen) atoms. The molecule has 1 amide bonds. The van der Waals surface area contributed by atoms with E-state index in [1.807, 2.05) is 36.4 Å². The topological polar surface area (TPSA) is 78.7 Å². The highest BCUT2D eigenvalue weighted by Gasteiger charge is 2.25. The fraction of sp³-hybridized carbons (Fsp3) is 0.421. The molecule has 1 aromatic heterocycles. The van der Waals surface area contributed by atoms with Crippen LogP contribution in [-0.4, -0.2) is 58.3 Å². The molecular weight excluding hydrogens is 332 g/mol. The van der Waals surface area contributed by atoms with Gasteiger partial charge in [0.25, 0.3) is 0 Å². The molecule has 7 nitrogen and oxygen atoms in total. The molecule has 138 valence electrons. The van der Waals surface area contributed by atoms with E-state index in [1.54, 1.807) is 18.1 Å². The molecule has 1 atom stereocenters. The Morgan fingerprint density at radius 3 is 2.73 bits per heavy atom.